The molecule has 430 valence electrons. The lowest BCUT2D eigenvalue weighted by Gasteiger charge is -2.45. The standard InChI is InChI=1S/C84H70BN3S/c1-82(2,3)60-39-44-72-66(49-60)67-50-61(83(4,5)6)40-45-73(67)86(72)62-51-77-79-78(52-62)88(75-35-23-33-64-63-32-22-34-68(84(7,8)9)80(63)89-81(64)75)76-48-59(55-28-18-12-19-29-55)36-41-69(76)85(79)70-47-58(54-26-16-11-17-27-54)38-43-74(70)87(77)71-42-37-57(53-24-14-10-15-25-53)46-65(71)56-30-20-13-21-31-56/h10-52H,1-9H3/i11D,12D,16D,17D,18D,19D,26D,27D,28D,29D. The zero-order valence-corrected chi connectivity index (χ0v) is 52.2. The number of hydrogen-bond acceptors (Lipinski definition) is 3. The number of hydrogen-bond donors (Lipinski definition) is 0. The van der Waals surface area contributed by atoms with Crippen LogP contribution >= 0.6 is 11.3 Å². The van der Waals surface area contributed by atoms with Gasteiger partial charge in [-0.15, -0.1) is 11.3 Å². The molecule has 0 bridgehead atoms. The van der Waals surface area contributed by atoms with E-state index >= 15 is 0 Å². The average Bonchev–Trinajstić information content (AvgIpc) is 1.51. The Bertz CT molecular complexity index is 5650. The minimum atomic E-state index is -0.639. The van der Waals surface area contributed by atoms with Gasteiger partial charge in [0.25, 0.3) is 6.71 Å². The van der Waals surface area contributed by atoms with Crippen molar-refractivity contribution in [2.45, 2.75) is 78.6 Å². The van der Waals surface area contributed by atoms with Crippen LogP contribution in [-0.4, -0.2) is 11.3 Å². The summed E-state index contributed by atoms with van der Waals surface area (Å²) in [6.45, 7) is 19.6. The second-order valence-electron chi connectivity index (χ2n) is 27.0. The Morgan fingerprint density at radius 3 is 1.47 bits per heavy atom. The molecular formula is C84H70BN3S. The van der Waals surface area contributed by atoms with Crippen LogP contribution in [0, 0.1) is 0 Å². The number of nitrogens with zero attached hydrogens (tertiary/aromatic N) is 3. The summed E-state index contributed by atoms with van der Waals surface area (Å²) in [5.74, 6) is 0. The maximum atomic E-state index is 9.50. The van der Waals surface area contributed by atoms with Crippen LogP contribution in [0.1, 0.15) is 92.7 Å². The van der Waals surface area contributed by atoms with Crippen LogP contribution in [0.25, 0.3) is 92.2 Å². The summed E-state index contributed by atoms with van der Waals surface area (Å²) >= 11 is 1.76. The van der Waals surface area contributed by atoms with Crippen molar-refractivity contribution in [1.29, 1.82) is 0 Å². The Labute approximate surface area is 541 Å². The zero-order chi connectivity index (χ0) is 69.4. The van der Waals surface area contributed by atoms with Crippen molar-refractivity contribution in [3.05, 3.63) is 277 Å². The second kappa shape index (κ2) is 20.5. The maximum Gasteiger partial charge on any atom is 0.252 e. The molecule has 3 nitrogen and oxygen atoms in total. The molecular weight excluding hydrogens is 1090 g/mol. The van der Waals surface area contributed by atoms with Crippen LogP contribution in [0.5, 0.6) is 0 Å². The number of anilines is 6. The Morgan fingerprint density at radius 2 is 0.876 bits per heavy atom. The summed E-state index contributed by atoms with van der Waals surface area (Å²) in [5, 5.41) is 4.44. The lowest BCUT2D eigenvalue weighted by Crippen LogP contribution is -2.61. The van der Waals surface area contributed by atoms with E-state index < -0.39 is 43.0 Å². The Kier molecular flexibility index (Phi) is 10.3. The number of aromatic nitrogens is 1. The first-order chi connectivity index (χ1) is 47.2. The SMILES string of the molecule is [2H]c1c([2H])c([2H])c(-c2ccc3c(c2)B2c4ccc(-c5c([2H])c([2H])c([2H])c([2H])c5[2H])cc4N(c4cccc5c4sc4c(C(C)(C)C)cccc45)c4cc(-n5c6ccc(C(C)(C)C)cc6c6cc(C(C)(C)C)ccc65)cc(c42)N3c2ccc(-c3ccccc3)cc2-c2ccccc2)c([2H])c1[2H]. The number of benzene rings is 12. The van der Waals surface area contributed by atoms with Crippen molar-refractivity contribution < 1.29 is 13.7 Å². The van der Waals surface area contributed by atoms with Gasteiger partial charge in [0, 0.05) is 54.6 Å². The fourth-order valence-electron chi connectivity index (χ4n) is 13.9. The third-order valence-corrected chi connectivity index (χ3v) is 19.6. The van der Waals surface area contributed by atoms with Crippen molar-refractivity contribution >= 4 is 111 Å². The molecule has 0 saturated heterocycles. The maximum absolute atomic E-state index is 9.50. The molecule has 14 aromatic rings. The predicted octanol–water partition coefficient (Wildman–Crippen LogP) is 21.8. The van der Waals surface area contributed by atoms with Crippen LogP contribution in [0.2, 0.25) is 0 Å². The van der Waals surface area contributed by atoms with E-state index in [0.717, 1.165) is 110 Å². The fourth-order valence-corrected chi connectivity index (χ4v) is 15.5. The van der Waals surface area contributed by atoms with Gasteiger partial charge in [0.2, 0.25) is 0 Å². The Hall–Kier alpha value is -9.68. The van der Waals surface area contributed by atoms with Gasteiger partial charge in [-0.25, -0.2) is 0 Å². The highest BCUT2D eigenvalue weighted by atomic mass is 32.1. The van der Waals surface area contributed by atoms with Crippen LogP contribution in [0.15, 0.2) is 261 Å². The lowest BCUT2D eigenvalue weighted by molar-refractivity contribution is 0.590. The van der Waals surface area contributed by atoms with E-state index in [1.54, 1.807) is 11.3 Å². The second-order valence-corrected chi connectivity index (χ2v) is 28.0. The highest BCUT2D eigenvalue weighted by molar-refractivity contribution is 7.26. The summed E-state index contributed by atoms with van der Waals surface area (Å²) in [6, 6.07) is 66.9. The van der Waals surface area contributed by atoms with Crippen molar-refractivity contribution in [3.63, 3.8) is 0 Å². The monoisotopic (exact) mass is 1170 g/mol. The predicted molar refractivity (Wildman–Crippen MR) is 386 cm³/mol. The van der Waals surface area contributed by atoms with Gasteiger partial charge >= 0.3 is 0 Å². The van der Waals surface area contributed by atoms with Crippen LogP contribution in [-0.2, 0) is 16.2 Å². The van der Waals surface area contributed by atoms with E-state index in [1.165, 1.54) is 21.4 Å². The number of rotatable bonds is 7. The van der Waals surface area contributed by atoms with E-state index in [0.29, 0.717) is 16.8 Å². The quantitative estimate of drug-likeness (QED) is 0.147. The van der Waals surface area contributed by atoms with E-state index in [1.807, 2.05) is 48.5 Å². The minimum Gasteiger partial charge on any atom is -0.311 e. The van der Waals surface area contributed by atoms with Gasteiger partial charge in [-0.05, 0) is 155 Å². The molecule has 0 fully saturated rings. The largest absolute Gasteiger partial charge is 0.311 e. The summed E-state index contributed by atoms with van der Waals surface area (Å²) in [7, 11) is 0. The van der Waals surface area contributed by atoms with Crippen LogP contribution in [0.3, 0.4) is 0 Å². The van der Waals surface area contributed by atoms with Gasteiger partial charge in [-0.3, -0.25) is 0 Å². The molecule has 0 atom stereocenters. The van der Waals surface area contributed by atoms with E-state index in [9.17, 15) is 5.48 Å². The molecule has 0 radical (unpaired) electrons. The number of fused-ring (bicyclic) bond motifs is 10. The molecule has 4 heterocycles. The molecule has 0 aliphatic carbocycles. The van der Waals surface area contributed by atoms with Gasteiger partial charge in [0.1, 0.15) is 0 Å². The molecule has 2 aliphatic heterocycles. The highest BCUT2D eigenvalue weighted by Crippen LogP contribution is 2.53. The highest BCUT2D eigenvalue weighted by Gasteiger charge is 2.45. The average molecular weight is 1170 g/mol. The van der Waals surface area contributed by atoms with Gasteiger partial charge in [0.15, 0.2) is 0 Å². The van der Waals surface area contributed by atoms with Crippen molar-refractivity contribution in [3.8, 4) is 50.2 Å². The molecule has 0 amide bonds. The van der Waals surface area contributed by atoms with Gasteiger partial charge in [-0.2, -0.15) is 0 Å². The molecule has 89 heavy (non-hydrogen) atoms. The topological polar surface area (TPSA) is 11.4 Å². The van der Waals surface area contributed by atoms with Gasteiger partial charge < -0.3 is 14.4 Å². The Morgan fingerprint density at radius 1 is 0.348 bits per heavy atom. The normalized spacial score (nSPS) is 14.7. The van der Waals surface area contributed by atoms with Crippen molar-refractivity contribution in [1.82, 2.24) is 4.57 Å². The third kappa shape index (κ3) is 8.99. The minimum absolute atomic E-state index is 0.0690. The summed E-state index contributed by atoms with van der Waals surface area (Å²) in [5.41, 5.74) is 18.5. The first-order valence-corrected chi connectivity index (χ1v) is 31.5. The molecule has 5 heteroatoms. The zero-order valence-electron chi connectivity index (χ0n) is 61.4. The first-order valence-electron chi connectivity index (χ1n) is 35.7. The Balaban J connectivity index is 1.11. The molecule has 0 unspecified atom stereocenters. The van der Waals surface area contributed by atoms with Crippen LogP contribution < -0.4 is 26.2 Å². The lowest BCUT2D eigenvalue weighted by atomic mass is 9.33. The van der Waals surface area contributed by atoms with E-state index in [-0.39, 0.29) is 51.5 Å². The van der Waals surface area contributed by atoms with Crippen molar-refractivity contribution in [2.75, 3.05) is 9.80 Å². The van der Waals surface area contributed by atoms with Crippen molar-refractivity contribution in [2.24, 2.45) is 0 Å². The molecule has 0 spiro atoms. The molecule has 12 aromatic carbocycles. The van der Waals surface area contributed by atoms with Gasteiger partial charge in [0.05, 0.1) is 46.5 Å². The fraction of sp³-hybridized carbons (Fsp3) is 0.143. The summed E-state index contributed by atoms with van der Waals surface area (Å²) < 4.78 is 95.9. The first kappa shape index (κ1) is 44.7. The van der Waals surface area contributed by atoms with E-state index in [4.69, 9.17) is 8.22 Å². The molecule has 0 N–H and O–H groups in total. The smallest absolute Gasteiger partial charge is 0.252 e. The number of thiophene rings is 1. The van der Waals surface area contributed by atoms with E-state index in [2.05, 4.69) is 228 Å². The molecule has 16 rings (SSSR count). The summed E-state index contributed by atoms with van der Waals surface area (Å²) in [4.78, 5) is 4.73. The molecule has 2 aromatic heterocycles. The third-order valence-electron chi connectivity index (χ3n) is 18.4. The molecule has 0 saturated carbocycles. The van der Waals surface area contributed by atoms with Gasteiger partial charge in [-0.1, -0.05) is 256 Å². The summed E-state index contributed by atoms with van der Waals surface area (Å²) in [6.07, 6.45) is 0. The molecule has 2 aliphatic rings. The van der Waals surface area contributed by atoms with Crippen LogP contribution in [0.4, 0.5) is 34.1 Å².